The van der Waals surface area contributed by atoms with Crippen molar-refractivity contribution in [3.8, 4) is 0 Å². The van der Waals surface area contributed by atoms with Crippen LogP contribution in [0.3, 0.4) is 0 Å². The lowest BCUT2D eigenvalue weighted by atomic mass is 9.78. The van der Waals surface area contributed by atoms with Crippen LogP contribution in [0.5, 0.6) is 0 Å². The monoisotopic (exact) mass is 295 g/mol. The van der Waals surface area contributed by atoms with E-state index in [1.54, 1.807) is 0 Å². The Hall–Kier alpha value is -1.43. The second-order valence-electron chi connectivity index (χ2n) is 5.87. The van der Waals surface area contributed by atoms with Gasteiger partial charge in [0, 0.05) is 19.1 Å². The molecule has 1 N–H and O–H groups in total. The lowest BCUT2D eigenvalue weighted by molar-refractivity contribution is -0.152. The van der Waals surface area contributed by atoms with E-state index in [1.165, 1.54) is 17.7 Å². The molecular weight excluding hydrogens is 270 g/mol. The Morgan fingerprint density at radius 3 is 2.29 bits per heavy atom. The number of nitrogens with zero attached hydrogens (tertiary/aromatic N) is 2. The predicted molar refractivity (Wildman–Crippen MR) is 78.5 cm³/mol. The molecule has 0 spiro atoms. The number of carbonyl (C=O) groups is 3. The molecule has 0 unspecified atom stereocenters. The van der Waals surface area contributed by atoms with Crippen LogP contribution in [0, 0.1) is 5.41 Å². The van der Waals surface area contributed by atoms with Crippen molar-refractivity contribution in [1.29, 1.82) is 0 Å². The van der Waals surface area contributed by atoms with Crippen LogP contribution in [0.4, 0.5) is 4.79 Å². The number of hydrogen-bond acceptors (Lipinski definition) is 4. The van der Waals surface area contributed by atoms with Crippen molar-refractivity contribution in [2.45, 2.75) is 52.5 Å². The van der Waals surface area contributed by atoms with Crippen molar-refractivity contribution in [2.24, 2.45) is 5.41 Å². The number of urea groups is 1. The van der Waals surface area contributed by atoms with E-state index in [4.69, 9.17) is 0 Å². The highest BCUT2D eigenvalue weighted by Gasteiger charge is 2.51. The Kier molecular flexibility index (Phi) is 4.66. The van der Waals surface area contributed by atoms with Crippen LogP contribution >= 0.6 is 0 Å². The van der Waals surface area contributed by atoms with E-state index in [0.717, 1.165) is 6.54 Å². The number of rotatable bonds is 7. The summed E-state index contributed by atoms with van der Waals surface area (Å²) in [6.07, 6.45) is 3.22. The Morgan fingerprint density at radius 2 is 1.81 bits per heavy atom. The molecule has 1 aliphatic carbocycles. The van der Waals surface area contributed by atoms with Gasteiger partial charge >= 0.3 is 6.03 Å². The number of imide groups is 2. The van der Waals surface area contributed by atoms with Crippen molar-refractivity contribution in [1.82, 2.24) is 15.1 Å². The quantitative estimate of drug-likeness (QED) is 0.720. The fourth-order valence-corrected chi connectivity index (χ4v) is 3.08. The van der Waals surface area contributed by atoms with Gasteiger partial charge in [-0.15, -0.1) is 0 Å². The first-order valence-corrected chi connectivity index (χ1v) is 7.91. The standard InChI is InChI=1S/C15H25N3O3/c1-4-15(5-2)12(19)16-14(21)18(13(15)20)10-9-17(6-3)11-7-8-11/h11H,4-10H2,1-3H3,(H,16,19,21). The summed E-state index contributed by atoms with van der Waals surface area (Å²) in [7, 11) is 0. The molecule has 0 bridgehead atoms. The van der Waals surface area contributed by atoms with Crippen LogP contribution in [0.15, 0.2) is 0 Å². The maximum Gasteiger partial charge on any atom is 0.330 e. The van der Waals surface area contributed by atoms with E-state index in [9.17, 15) is 14.4 Å². The molecule has 0 aromatic carbocycles. The lowest BCUT2D eigenvalue weighted by Crippen LogP contribution is -2.64. The Morgan fingerprint density at radius 1 is 1.19 bits per heavy atom. The normalized spacial score (nSPS) is 21.9. The molecular formula is C15H25N3O3. The fraction of sp³-hybridized carbons (Fsp3) is 0.800. The molecule has 118 valence electrons. The smallest absolute Gasteiger partial charge is 0.299 e. The molecule has 2 aliphatic rings. The van der Waals surface area contributed by atoms with Crippen molar-refractivity contribution in [3.63, 3.8) is 0 Å². The van der Waals surface area contributed by atoms with Crippen molar-refractivity contribution >= 4 is 17.8 Å². The van der Waals surface area contributed by atoms with Gasteiger partial charge in [-0.25, -0.2) is 4.79 Å². The van der Waals surface area contributed by atoms with E-state index in [2.05, 4.69) is 17.1 Å². The highest BCUT2D eigenvalue weighted by atomic mass is 16.2. The number of hydrogen-bond donors (Lipinski definition) is 1. The second kappa shape index (κ2) is 6.13. The third kappa shape index (κ3) is 2.81. The molecule has 1 heterocycles. The van der Waals surface area contributed by atoms with Gasteiger partial charge in [-0.2, -0.15) is 0 Å². The predicted octanol–water partition coefficient (Wildman–Crippen LogP) is 1.36. The van der Waals surface area contributed by atoms with Crippen LogP contribution in [0.2, 0.25) is 0 Å². The van der Waals surface area contributed by atoms with Gasteiger partial charge in [0.15, 0.2) is 0 Å². The maximum atomic E-state index is 12.6. The van der Waals surface area contributed by atoms with E-state index in [1.807, 2.05) is 13.8 Å². The van der Waals surface area contributed by atoms with Crippen LogP contribution in [-0.2, 0) is 9.59 Å². The van der Waals surface area contributed by atoms with Gasteiger partial charge in [0.1, 0.15) is 5.41 Å². The Balaban J connectivity index is 2.08. The minimum Gasteiger partial charge on any atom is -0.299 e. The molecule has 6 nitrogen and oxygen atoms in total. The average Bonchev–Trinajstić information content (AvgIpc) is 3.28. The third-order valence-corrected chi connectivity index (χ3v) is 4.84. The molecule has 2 rings (SSSR count). The maximum absolute atomic E-state index is 12.6. The van der Waals surface area contributed by atoms with Crippen molar-refractivity contribution in [2.75, 3.05) is 19.6 Å². The van der Waals surface area contributed by atoms with Crippen LogP contribution in [-0.4, -0.2) is 53.3 Å². The van der Waals surface area contributed by atoms with Gasteiger partial charge < -0.3 is 0 Å². The fourth-order valence-electron chi connectivity index (χ4n) is 3.08. The number of barbiturate groups is 1. The minimum absolute atomic E-state index is 0.340. The summed E-state index contributed by atoms with van der Waals surface area (Å²) in [5.41, 5.74) is -1.08. The van der Waals surface area contributed by atoms with Crippen LogP contribution in [0.1, 0.15) is 46.5 Å². The van der Waals surface area contributed by atoms with Gasteiger partial charge in [-0.05, 0) is 32.2 Å². The molecule has 2 fully saturated rings. The molecule has 0 radical (unpaired) electrons. The Labute approximate surface area is 125 Å². The van der Waals surface area contributed by atoms with Crippen molar-refractivity contribution in [3.05, 3.63) is 0 Å². The summed E-state index contributed by atoms with van der Waals surface area (Å²) in [5, 5.41) is 2.35. The molecule has 0 aromatic heterocycles. The van der Waals surface area contributed by atoms with E-state index >= 15 is 0 Å². The molecule has 4 amide bonds. The molecule has 6 heteroatoms. The van der Waals surface area contributed by atoms with Gasteiger partial charge in [-0.1, -0.05) is 20.8 Å². The molecule has 0 atom stereocenters. The van der Waals surface area contributed by atoms with Crippen LogP contribution < -0.4 is 5.32 Å². The first-order valence-electron chi connectivity index (χ1n) is 7.91. The van der Waals surface area contributed by atoms with Gasteiger partial charge in [-0.3, -0.25) is 24.7 Å². The first-order chi connectivity index (χ1) is 10.00. The number of nitrogens with one attached hydrogen (secondary N) is 1. The summed E-state index contributed by atoms with van der Waals surface area (Å²) in [6.45, 7) is 7.67. The molecule has 1 saturated heterocycles. The van der Waals surface area contributed by atoms with E-state index in [-0.39, 0.29) is 5.91 Å². The molecule has 21 heavy (non-hydrogen) atoms. The lowest BCUT2D eigenvalue weighted by Gasteiger charge is -2.38. The summed E-state index contributed by atoms with van der Waals surface area (Å²) in [5.74, 6) is -0.790. The largest absolute Gasteiger partial charge is 0.330 e. The molecule has 1 aliphatic heterocycles. The number of likely N-dealkylation sites (N-methyl/N-ethyl adjacent to an activating group) is 1. The summed E-state index contributed by atoms with van der Waals surface area (Å²) in [6, 6.07) is 0.0241. The third-order valence-electron chi connectivity index (χ3n) is 4.84. The van der Waals surface area contributed by atoms with E-state index < -0.39 is 17.4 Å². The SMILES string of the molecule is CCN(CCN1C(=O)NC(=O)C(CC)(CC)C1=O)C1CC1. The number of carbonyl (C=O) groups excluding carboxylic acids is 3. The molecule has 0 aromatic rings. The topological polar surface area (TPSA) is 69.7 Å². The zero-order valence-electron chi connectivity index (χ0n) is 13.1. The van der Waals surface area contributed by atoms with E-state index in [0.29, 0.717) is 32.0 Å². The zero-order chi connectivity index (χ0) is 15.6. The van der Waals surface area contributed by atoms with Crippen LogP contribution in [0.25, 0.3) is 0 Å². The number of amides is 4. The first kappa shape index (κ1) is 15.9. The van der Waals surface area contributed by atoms with Gasteiger partial charge in [0.25, 0.3) is 0 Å². The van der Waals surface area contributed by atoms with Gasteiger partial charge in [0.05, 0.1) is 0 Å². The Bertz CT molecular complexity index is 441. The zero-order valence-corrected chi connectivity index (χ0v) is 13.1. The second-order valence-corrected chi connectivity index (χ2v) is 5.87. The minimum atomic E-state index is -1.08. The summed E-state index contributed by atoms with van der Waals surface area (Å²) in [4.78, 5) is 40.2. The highest BCUT2D eigenvalue weighted by molar-refractivity contribution is 6.19. The summed E-state index contributed by atoms with van der Waals surface area (Å²) < 4.78 is 0. The van der Waals surface area contributed by atoms with Crippen molar-refractivity contribution < 1.29 is 14.4 Å². The van der Waals surface area contributed by atoms with Gasteiger partial charge in [0.2, 0.25) is 11.8 Å². The average molecular weight is 295 g/mol. The summed E-state index contributed by atoms with van der Waals surface area (Å²) >= 11 is 0. The molecule has 1 saturated carbocycles. The highest BCUT2D eigenvalue weighted by Crippen LogP contribution is 2.32.